The van der Waals surface area contributed by atoms with Crippen molar-refractivity contribution in [3.8, 4) is 5.75 Å². The summed E-state index contributed by atoms with van der Waals surface area (Å²) in [5.41, 5.74) is 0.0224. The van der Waals surface area contributed by atoms with Gasteiger partial charge in [0, 0.05) is 44.4 Å². The summed E-state index contributed by atoms with van der Waals surface area (Å²) >= 11 is 0. The van der Waals surface area contributed by atoms with E-state index in [2.05, 4.69) is 4.98 Å². The van der Waals surface area contributed by atoms with Gasteiger partial charge in [0.15, 0.2) is 0 Å². The first-order valence-corrected chi connectivity index (χ1v) is 8.68. The molecule has 2 aliphatic heterocycles. The molecule has 6 nitrogen and oxygen atoms in total. The Hall–Kier alpha value is -2.63. The second-order valence-corrected chi connectivity index (χ2v) is 6.84. The summed E-state index contributed by atoms with van der Waals surface area (Å²) in [6.07, 6.45) is 8.72. The van der Waals surface area contributed by atoms with Gasteiger partial charge in [-0.2, -0.15) is 0 Å². The minimum atomic E-state index is -0.236. The van der Waals surface area contributed by atoms with Crippen molar-refractivity contribution in [3.63, 3.8) is 0 Å². The molecular formula is C19H21N3O3. The lowest BCUT2D eigenvalue weighted by Crippen LogP contribution is -2.50. The highest BCUT2D eigenvalue weighted by Gasteiger charge is 2.44. The van der Waals surface area contributed by atoms with Crippen LogP contribution in [-0.2, 0) is 7.05 Å². The van der Waals surface area contributed by atoms with E-state index in [1.807, 2.05) is 17.0 Å². The van der Waals surface area contributed by atoms with E-state index >= 15 is 0 Å². The third-order valence-corrected chi connectivity index (χ3v) is 5.22. The molecule has 2 aliphatic rings. The molecule has 0 spiro atoms. The fourth-order valence-electron chi connectivity index (χ4n) is 4.06. The van der Waals surface area contributed by atoms with Crippen molar-refractivity contribution in [2.75, 3.05) is 0 Å². The number of rotatable bonds is 3. The highest BCUT2D eigenvalue weighted by atomic mass is 16.5. The molecule has 2 unspecified atom stereocenters. The molecule has 130 valence electrons. The monoisotopic (exact) mass is 339 g/mol. The number of piperidine rings is 1. The Balaban J connectivity index is 1.52. The van der Waals surface area contributed by atoms with E-state index in [9.17, 15) is 9.59 Å². The lowest BCUT2D eigenvalue weighted by molar-refractivity contribution is 0.0356. The van der Waals surface area contributed by atoms with E-state index < -0.39 is 0 Å². The van der Waals surface area contributed by atoms with Crippen molar-refractivity contribution >= 4 is 5.91 Å². The first kappa shape index (κ1) is 15.9. The van der Waals surface area contributed by atoms with Gasteiger partial charge in [-0.15, -0.1) is 0 Å². The molecule has 0 aromatic carbocycles. The largest absolute Gasteiger partial charge is 0.489 e. The van der Waals surface area contributed by atoms with Gasteiger partial charge in [-0.1, -0.05) is 0 Å². The molecular weight excluding hydrogens is 318 g/mol. The zero-order valence-corrected chi connectivity index (χ0v) is 14.2. The molecule has 4 heterocycles. The molecule has 25 heavy (non-hydrogen) atoms. The van der Waals surface area contributed by atoms with Gasteiger partial charge in [-0.25, -0.2) is 0 Å². The molecule has 2 atom stereocenters. The van der Waals surface area contributed by atoms with Crippen LogP contribution in [0.25, 0.3) is 0 Å². The molecule has 2 aromatic rings. The number of fused-ring (bicyclic) bond motifs is 2. The predicted molar refractivity (Wildman–Crippen MR) is 92.5 cm³/mol. The van der Waals surface area contributed by atoms with Crippen LogP contribution in [0.15, 0.2) is 47.7 Å². The van der Waals surface area contributed by atoms with Gasteiger partial charge in [-0.05, 0) is 37.1 Å². The topological polar surface area (TPSA) is 64.4 Å². The molecule has 2 saturated heterocycles. The van der Waals surface area contributed by atoms with Gasteiger partial charge in [-0.3, -0.25) is 14.6 Å². The Morgan fingerprint density at radius 3 is 2.64 bits per heavy atom. The van der Waals surface area contributed by atoms with Crippen molar-refractivity contribution in [2.45, 2.75) is 43.9 Å². The SMILES string of the molecule is Cn1cccc(C(=O)N2C3CCC2CC(Oc2cccnc2)C3)c1=O. The van der Waals surface area contributed by atoms with Crippen LogP contribution in [0.3, 0.4) is 0 Å². The molecule has 0 radical (unpaired) electrons. The van der Waals surface area contributed by atoms with Crippen LogP contribution in [0.4, 0.5) is 0 Å². The Morgan fingerprint density at radius 2 is 1.96 bits per heavy atom. The first-order valence-electron chi connectivity index (χ1n) is 8.68. The molecule has 0 aliphatic carbocycles. The van der Waals surface area contributed by atoms with Crippen LogP contribution >= 0.6 is 0 Å². The van der Waals surface area contributed by atoms with E-state index in [1.54, 1.807) is 37.8 Å². The second kappa shape index (κ2) is 6.35. The Bertz CT molecular complexity index is 819. The van der Waals surface area contributed by atoms with Crippen molar-refractivity contribution < 1.29 is 9.53 Å². The van der Waals surface area contributed by atoms with Gasteiger partial charge >= 0.3 is 0 Å². The van der Waals surface area contributed by atoms with Crippen molar-refractivity contribution in [3.05, 3.63) is 58.8 Å². The fourth-order valence-corrected chi connectivity index (χ4v) is 4.06. The standard InChI is InChI=1S/C19H21N3O3/c1-21-9-3-5-17(18(21)23)19(24)22-13-6-7-14(22)11-16(10-13)25-15-4-2-8-20-12-15/h2-5,8-9,12-14,16H,6-7,10-11H2,1H3. The molecule has 2 fully saturated rings. The third-order valence-electron chi connectivity index (χ3n) is 5.22. The highest BCUT2D eigenvalue weighted by Crippen LogP contribution is 2.37. The smallest absolute Gasteiger partial charge is 0.263 e. The predicted octanol–water partition coefficient (Wildman–Crippen LogP) is 1.99. The summed E-state index contributed by atoms with van der Waals surface area (Å²) in [7, 11) is 1.67. The number of aryl methyl sites for hydroxylation is 1. The maximum absolute atomic E-state index is 13.0. The summed E-state index contributed by atoms with van der Waals surface area (Å²) in [5, 5.41) is 0. The average molecular weight is 339 g/mol. The van der Waals surface area contributed by atoms with Crippen molar-refractivity contribution in [1.82, 2.24) is 14.5 Å². The molecule has 2 bridgehead atoms. The molecule has 2 aromatic heterocycles. The zero-order chi connectivity index (χ0) is 17.4. The van der Waals surface area contributed by atoms with Gasteiger partial charge < -0.3 is 14.2 Å². The summed E-state index contributed by atoms with van der Waals surface area (Å²) < 4.78 is 7.50. The van der Waals surface area contributed by atoms with Gasteiger partial charge in [0.1, 0.15) is 17.4 Å². The van der Waals surface area contributed by atoms with Crippen LogP contribution in [0.1, 0.15) is 36.0 Å². The number of carbonyl (C=O) groups is 1. The summed E-state index contributed by atoms with van der Waals surface area (Å²) in [5.74, 6) is 0.622. The molecule has 4 rings (SSSR count). The first-order chi connectivity index (χ1) is 12.1. The quantitative estimate of drug-likeness (QED) is 0.858. The lowest BCUT2D eigenvalue weighted by atomic mass is 9.98. The number of hydrogen-bond acceptors (Lipinski definition) is 4. The van der Waals surface area contributed by atoms with Crippen LogP contribution in [-0.4, -0.2) is 38.5 Å². The number of nitrogens with zero attached hydrogens (tertiary/aromatic N) is 3. The minimum Gasteiger partial charge on any atom is -0.489 e. The molecule has 0 N–H and O–H groups in total. The van der Waals surface area contributed by atoms with Gasteiger partial charge in [0.25, 0.3) is 11.5 Å². The zero-order valence-electron chi connectivity index (χ0n) is 14.2. The number of aromatic nitrogens is 2. The summed E-state index contributed by atoms with van der Waals surface area (Å²) in [4.78, 5) is 31.2. The van der Waals surface area contributed by atoms with E-state index in [4.69, 9.17) is 4.74 Å². The van der Waals surface area contributed by atoms with Crippen molar-refractivity contribution in [1.29, 1.82) is 0 Å². The van der Waals surface area contributed by atoms with Crippen LogP contribution in [0, 0.1) is 0 Å². The normalized spacial score (nSPS) is 25.0. The van der Waals surface area contributed by atoms with Crippen LogP contribution in [0.2, 0.25) is 0 Å². The Labute approximate surface area is 146 Å². The number of ether oxygens (including phenoxy) is 1. The summed E-state index contributed by atoms with van der Waals surface area (Å²) in [6, 6.07) is 7.40. The van der Waals surface area contributed by atoms with Gasteiger partial charge in [0.05, 0.1) is 6.20 Å². The lowest BCUT2D eigenvalue weighted by Gasteiger charge is -2.38. The van der Waals surface area contributed by atoms with Crippen LogP contribution in [0.5, 0.6) is 5.75 Å². The van der Waals surface area contributed by atoms with E-state index in [0.717, 1.165) is 31.4 Å². The average Bonchev–Trinajstić information content (AvgIpc) is 2.88. The Kier molecular flexibility index (Phi) is 4.03. The minimum absolute atomic E-state index is 0.0874. The number of hydrogen-bond donors (Lipinski definition) is 0. The maximum Gasteiger partial charge on any atom is 0.263 e. The van der Waals surface area contributed by atoms with E-state index in [1.165, 1.54) is 4.57 Å². The Morgan fingerprint density at radius 1 is 1.20 bits per heavy atom. The fraction of sp³-hybridized carbons (Fsp3) is 0.421. The third kappa shape index (κ3) is 2.92. The van der Waals surface area contributed by atoms with E-state index in [0.29, 0.717) is 0 Å². The van der Waals surface area contributed by atoms with Crippen LogP contribution < -0.4 is 10.3 Å². The maximum atomic E-state index is 13.0. The summed E-state index contributed by atoms with van der Waals surface area (Å²) in [6.45, 7) is 0. The molecule has 1 amide bonds. The molecule has 0 saturated carbocycles. The molecule has 6 heteroatoms. The van der Waals surface area contributed by atoms with Crippen molar-refractivity contribution in [2.24, 2.45) is 7.05 Å². The number of pyridine rings is 2. The number of amides is 1. The number of carbonyl (C=O) groups excluding carboxylic acids is 1. The highest BCUT2D eigenvalue weighted by molar-refractivity contribution is 5.94. The van der Waals surface area contributed by atoms with Gasteiger partial charge in [0.2, 0.25) is 0 Å². The van der Waals surface area contributed by atoms with E-state index in [-0.39, 0.29) is 35.2 Å². The second-order valence-electron chi connectivity index (χ2n) is 6.84.